The third-order valence-corrected chi connectivity index (χ3v) is 5.77. The first kappa shape index (κ1) is 32.5. The molecular formula is C28H22Cl4O8. The van der Waals surface area contributed by atoms with E-state index in [0.717, 1.165) is 16.3 Å². The number of benzene rings is 4. The molecule has 4 aromatic carbocycles. The average molecular weight is 628 g/mol. The Balaban J connectivity index is 0.000000210. The third-order valence-electron chi connectivity index (χ3n) is 4.71. The van der Waals surface area contributed by atoms with Crippen molar-refractivity contribution in [1.29, 1.82) is 0 Å². The molecule has 8 nitrogen and oxygen atoms in total. The topological polar surface area (TPSA) is 130 Å². The first-order chi connectivity index (χ1) is 19.0. The molecule has 210 valence electrons. The van der Waals surface area contributed by atoms with Crippen LogP contribution in [0.15, 0.2) is 78.9 Å². The number of rotatable bonds is 8. The lowest BCUT2D eigenvalue weighted by atomic mass is 10.0. The maximum atomic E-state index is 10.6. The second kappa shape index (κ2) is 16.4. The lowest BCUT2D eigenvalue weighted by Gasteiger charge is -2.04. The zero-order chi connectivity index (χ0) is 29.7. The molecule has 0 heterocycles. The molecule has 0 aromatic heterocycles. The van der Waals surface area contributed by atoms with Crippen molar-refractivity contribution in [2.75, 3.05) is 13.2 Å². The van der Waals surface area contributed by atoms with E-state index in [-0.39, 0.29) is 6.42 Å². The second-order valence-corrected chi connectivity index (χ2v) is 9.41. The van der Waals surface area contributed by atoms with Crippen LogP contribution < -0.4 is 9.47 Å². The Morgan fingerprint density at radius 3 is 1.52 bits per heavy atom. The van der Waals surface area contributed by atoms with Gasteiger partial charge < -0.3 is 24.8 Å². The number of fused-ring (bicyclic) bond motifs is 1. The summed E-state index contributed by atoms with van der Waals surface area (Å²) in [4.78, 5) is 30.9. The van der Waals surface area contributed by atoms with E-state index < -0.39 is 31.1 Å². The summed E-state index contributed by atoms with van der Waals surface area (Å²) in [7, 11) is 0. The highest BCUT2D eigenvalue weighted by molar-refractivity contribution is 6.36. The average Bonchev–Trinajstić information content (AvgIpc) is 2.88. The van der Waals surface area contributed by atoms with Gasteiger partial charge in [0.1, 0.15) is 11.5 Å². The Bertz CT molecular complexity index is 1410. The molecule has 0 aliphatic carbocycles. The van der Waals surface area contributed by atoms with E-state index in [1.165, 1.54) is 24.3 Å². The molecule has 40 heavy (non-hydrogen) atoms. The van der Waals surface area contributed by atoms with Crippen LogP contribution in [0.25, 0.3) is 10.8 Å². The van der Waals surface area contributed by atoms with Gasteiger partial charge in [-0.3, -0.25) is 4.79 Å². The first-order valence-corrected chi connectivity index (χ1v) is 12.7. The summed E-state index contributed by atoms with van der Waals surface area (Å²) in [6, 6.07) is 22.7. The third kappa shape index (κ3) is 11.6. The molecule has 0 fully saturated rings. The molecular weight excluding hydrogens is 606 g/mol. The monoisotopic (exact) mass is 626 g/mol. The summed E-state index contributed by atoms with van der Waals surface area (Å²) in [6.45, 7) is -0.831. The minimum absolute atomic E-state index is 0.0847. The SMILES string of the molecule is O=C(O)COc1ccc(Cl)cc1Cl.O=C(O)COc1ccc(Cl)cc1Cl.O=C(O)Cc1cccc2ccccc12. The summed E-state index contributed by atoms with van der Waals surface area (Å²) >= 11 is 22.7. The number of carboxylic acid groups (broad SMARTS) is 3. The molecule has 0 saturated carbocycles. The lowest BCUT2D eigenvalue weighted by Crippen LogP contribution is -2.09. The van der Waals surface area contributed by atoms with Gasteiger partial charge in [-0.05, 0) is 52.7 Å². The Labute approximate surface area is 249 Å². The molecule has 0 aliphatic rings. The van der Waals surface area contributed by atoms with Crippen LogP contribution >= 0.6 is 46.4 Å². The number of carboxylic acids is 3. The molecule has 12 heteroatoms. The van der Waals surface area contributed by atoms with Crippen molar-refractivity contribution in [3.8, 4) is 11.5 Å². The maximum Gasteiger partial charge on any atom is 0.341 e. The largest absolute Gasteiger partial charge is 0.481 e. The summed E-state index contributed by atoms with van der Waals surface area (Å²) in [5.74, 6) is -2.26. The maximum absolute atomic E-state index is 10.6. The summed E-state index contributed by atoms with van der Waals surface area (Å²) < 4.78 is 9.73. The molecule has 4 aromatic rings. The van der Waals surface area contributed by atoms with Gasteiger partial charge in [0.15, 0.2) is 13.2 Å². The van der Waals surface area contributed by atoms with Gasteiger partial charge in [-0.1, -0.05) is 88.9 Å². The number of carbonyl (C=O) groups is 3. The van der Waals surface area contributed by atoms with Crippen molar-refractivity contribution in [2.24, 2.45) is 0 Å². The molecule has 0 spiro atoms. The highest BCUT2D eigenvalue weighted by Gasteiger charge is 2.06. The molecule has 3 N–H and O–H groups in total. The van der Waals surface area contributed by atoms with Crippen molar-refractivity contribution in [3.05, 3.63) is 105 Å². The van der Waals surface area contributed by atoms with Crippen molar-refractivity contribution in [2.45, 2.75) is 6.42 Å². The molecule has 4 rings (SSSR count). The van der Waals surface area contributed by atoms with Crippen molar-refractivity contribution >= 4 is 75.1 Å². The smallest absolute Gasteiger partial charge is 0.341 e. The van der Waals surface area contributed by atoms with Crippen LogP contribution in [-0.2, 0) is 20.8 Å². The Hall–Kier alpha value is -3.69. The molecule has 0 atom stereocenters. The van der Waals surface area contributed by atoms with E-state index in [1.54, 1.807) is 12.1 Å². The van der Waals surface area contributed by atoms with Crippen LogP contribution in [0.1, 0.15) is 5.56 Å². The normalized spacial score (nSPS) is 9.90. The van der Waals surface area contributed by atoms with Gasteiger partial charge in [0.05, 0.1) is 16.5 Å². The minimum atomic E-state index is -1.05. The quantitative estimate of drug-likeness (QED) is 0.184. The van der Waals surface area contributed by atoms with Crippen LogP contribution in [0.5, 0.6) is 11.5 Å². The van der Waals surface area contributed by atoms with Gasteiger partial charge in [0.25, 0.3) is 0 Å². The summed E-state index contributed by atoms with van der Waals surface area (Å²) in [5.41, 5.74) is 0.871. The van der Waals surface area contributed by atoms with Crippen LogP contribution in [0.4, 0.5) is 0 Å². The highest BCUT2D eigenvalue weighted by atomic mass is 35.5. The fraction of sp³-hybridized carbons (Fsp3) is 0.107. The van der Waals surface area contributed by atoms with Crippen molar-refractivity contribution in [3.63, 3.8) is 0 Å². The predicted molar refractivity (Wildman–Crippen MR) is 154 cm³/mol. The first-order valence-electron chi connectivity index (χ1n) is 11.2. The van der Waals surface area contributed by atoms with Crippen molar-refractivity contribution in [1.82, 2.24) is 0 Å². The van der Waals surface area contributed by atoms with Gasteiger partial charge in [-0.2, -0.15) is 0 Å². The minimum Gasteiger partial charge on any atom is -0.481 e. The molecule has 0 amide bonds. The summed E-state index contributed by atoms with van der Waals surface area (Å²) in [6.07, 6.45) is 0.0847. The molecule has 0 bridgehead atoms. The molecule has 0 radical (unpaired) electrons. The fourth-order valence-corrected chi connectivity index (χ4v) is 4.00. The Morgan fingerprint density at radius 1 is 0.600 bits per heavy atom. The van der Waals surface area contributed by atoms with Gasteiger partial charge >= 0.3 is 17.9 Å². The zero-order valence-electron chi connectivity index (χ0n) is 20.5. The zero-order valence-corrected chi connectivity index (χ0v) is 23.5. The second-order valence-electron chi connectivity index (χ2n) is 7.72. The van der Waals surface area contributed by atoms with Crippen LogP contribution in [0, 0.1) is 0 Å². The van der Waals surface area contributed by atoms with Gasteiger partial charge in [0.2, 0.25) is 0 Å². The number of hydrogen-bond donors (Lipinski definition) is 3. The van der Waals surface area contributed by atoms with E-state index in [0.29, 0.717) is 31.6 Å². The number of hydrogen-bond acceptors (Lipinski definition) is 5. The number of ether oxygens (including phenoxy) is 2. The number of aliphatic carboxylic acids is 3. The predicted octanol–water partition coefficient (Wildman–Crippen LogP) is 7.38. The van der Waals surface area contributed by atoms with Crippen LogP contribution in [0.2, 0.25) is 20.1 Å². The van der Waals surface area contributed by atoms with E-state index >= 15 is 0 Å². The van der Waals surface area contributed by atoms with Gasteiger partial charge in [-0.15, -0.1) is 0 Å². The van der Waals surface area contributed by atoms with E-state index in [9.17, 15) is 14.4 Å². The molecule has 0 saturated heterocycles. The Kier molecular flexibility index (Phi) is 13.4. The standard InChI is InChI=1S/C12H10O2.2C8H6Cl2O3/c13-12(14)8-10-6-3-5-9-4-1-2-7-11(9)10;2*9-5-1-2-7(6(10)3-5)13-4-8(11)12/h1-7H,8H2,(H,13,14);2*1-3H,4H2,(H,11,12). The molecule has 0 unspecified atom stereocenters. The van der Waals surface area contributed by atoms with Crippen LogP contribution in [-0.4, -0.2) is 46.4 Å². The van der Waals surface area contributed by atoms with Crippen molar-refractivity contribution < 1.29 is 39.2 Å². The van der Waals surface area contributed by atoms with E-state index in [2.05, 4.69) is 0 Å². The van der Waals surface area contributed by atoms with Gasteiger partial charge in [0, 0.05) is 10.0 Å². The highest BCUT2D eigenvalue weighted by Crippen LogP contribution is 2.28. The van der Waals surface area contributed by atoms with E-state index in [1.807, 2.05) is 42.5 Å². The molecule has 0 aliphatic heterocycles. The summed E-state index contributed by atoms with van der Waals surface area (Å²) in [5, 5.41) is 29.1. The fourth-order valence-electron chi connectivity index (χ4n) is 3.07. The lowest BCUT2D eigenvalue weighted by molar-refractivity contribution is -0.140. The number of halogens is 4. The van der Waals surface area contributed by atoms with E-state index in [4.69, 9.17) is 71.2 Å². The van der Waals surface area contributed by atoms with Gasteiger partial charge in [-0.25, -0.2) is 9.59 Å². The van der Waals surface area contributed by atoms with Crippen LogP contribution in [0.3, 0.4) is 0 Å². The Morgan fingerprint density at radius 2 is 1.07 bits per heavy atom.